The third-order valence-corrected chi connectivity index (χ3v) is 2.18. The van der Waals surface area contributed by atoms with Crippen LogP contribution in [0.3, 0.4) is 0 Å². The number of nitrogen functional groups attached to an aromatic ring is 1. The molecule has 2 heterocycles. The predicted molar refractivity (Wildman–Crippen MR) is 56.2 cm³/mol. The van der Waals surface area contributed by atoms with Crippen molar-refractivity contribution in [2.75, 3.05) is 19.5 Å². The van der Waals surface area contributed by atoms with Gasteiger partial charge in [-0.3, -0.25) is 0 Å². The Morgan fingerprint density at radius 3 is 3.07 bits per heavy atom. The van der Waals surface area contributed by atoms with Crippen LogP contribution in [0, 0.1) is 0 Å². The minimum Gasteiger partial charge on any atom is -0.385 e. The summed E-state index contributed by atoms with van der Waals surface area (Å²) in [6.07, 6.45) is 4.10. The highest BCUT2D eigenvalue weighted by Crippen LogP contribution is 2.14. The monoisotopic (exact) mass is 207 g/mol. The van der Waals surface area contributed by atoms with E-state index < -0.39 is 0 Å². The van der Waals surface area contributed by atoms with E-state index in [1.165, 1.54) is 6.33 Å². The van der Waals surface area contributed by atoms with Crippen molar-refractivity contribution < 1.29 is 4.74 Å². The summed E-state index contributed by atoms with van der Waals surface area (Å²) in [5.74, 6) is 0.422. The van der Waals surface area contributed by atoms with Gasteiger partial charge in [0.2, 0.25) is 0 Å². The summed E-state index contributed by atoms with van der Waals surface area (Å²) in [7, 11) is 1.69. The van der Waals surface area contributed by atoms with E-state index in [1.807, 2.05) is 4.57 Å². The third-order valence-electron chi connectivity index (χ3n) is 2.18. The number of hydrogen-bond donors (Lipinski definition) is 1. The highest BCUT2D eigenvalue weighted by atomic mass is 16.5. The molecule has 15 heavy (non-hydrogen) atoms. The van der Waals surface area contributed by atoms with E-state index in [0.717, 1.165) is 25.2 Å². The lowest BCUT2D eigenvalue weighted by Gasteiger charge is -2.02. The Morgan fingerprint density at radius 1 is 1.40 bits per heavy atom. The minimum atomic E-state index is 0.422. The number of hydrogen-bond acceptors (Lipinski definition) is 5. The fourth-order valence-electron chi connectivity index (χ4n) is 1.44. The average molecular weight is 207 g/mol. The molecule has 0 aliphatic heterocycles. The van der Waals surface area contributed by atoms with Gasteiger partial charge in [-0.05, 0) is 6.42 Å². The van der Waals surface area contributed by atoms with Crippen LogP contribution in [0.15, 0.2) is 12.7 Å². The van der Waals surface area contributed by atoms with E-state index in [0.29, 0.717) is 11.3 Å². The summed E-state index contributed by atoms with van der Waals surface area (Å²) in [6, 6.07) is 0. The van der Waals surface area contributed by atoms with Gasteiger partial charge in [-0.2, -0.15) is 0 Å². The second-order valence-electron chi connectivity index (χ2n) is 3.22. The van der Waals surface area contributed by atoms with Crippen molar-refractivity contribution in [3.05, 3.63) is 12.7 Å². The van der Waals surface area contributed by atoms with Gasteiger partial charge in [0.15, 0.2) is 11.5 Å². The molecule has 0 saturated carbocycles. The molecule has 0 saturated heterocycles. The molecular weight excluding hydrogens is 194 g/mol. The Hall–Kier alpha value is -1.69. The quantitative estimate of drug-likeness (QED) is 0.736. The average Bonchev–Trinajstić information content (AvgIpc) is 2.64. The maximum Gasteiger partial charge on any atom is 0.165 e. The van der Waals surface area contributed by atoms with Crippen LogP contribution in [0.2, 0.25) is 0 Å². The minimum absolute atomic E-state index is 0.422. The molecule has 2 rings (SSSR count). The lowest BCUT2D eigenvalue weighted by atomic mass is 10.4. The highest BCUT2D eigenvalue weighted by Gasteiger charge is 2.06. The van der Waals surface area contributed by atoms with Crippen LogP contribution in [-0.2, 0) is 11.3 Å². The molecule has 0 aliphatic carbocycles. The number of fused-ring (bicyclic) bond motifs is 1. The second kappa shape index (κ2) is 4.22. The number of nitrogens with zero attached hydrogens (tertiary/aromatic N) is 4. The summed E-state index contributed by atoms with van der Waals surface area (Å²) >= 11 is 0. The first-order valence-corrected chi connectivity index (χ1v) is 4.73. The molecule has 6 nitrogen and oxygen atoms in total. The van der Waals surface area contributed by atoms with Gasteiger partial charge in [-0.15, -0.1) is 0 Å². The third kappa shape index (κ3) is 1.89. The molecule has 0 amide bonds. The molecule has 0 unspecified atom stereocenters. The Balaban J connectivity index is 2.25. The van der Waals surface area contributed by atoms with Gasteiger partial charge >= 0.3 is 0 Å². The van der Waals surface area contributed by atoms with Gasteiger partial charge in [-0.25, -0.2) is 15.0 Å². The molecule has 2 N–H and O–H groups in total. The van der Waals surface area contributed by atoms with Crippen LogP contribution in [0.25, 0.3) is 11.2 Å². The summed E-state index contributed by atoms with van der Waals surface area (Å²) in [5.41, 5.74) is 7.11. The first-order chi connectivity index (χ1) is 7.33. The van der Waals surface area contributed by atoms with Crippen LogP contribution in [0.5, 0.6) is 0 Å². The van der Waals surface area contributed by atoms with E-state index in [1.54, 1.807) is 13.4 Å². The summed E-state index contributed by atoms with van der Waals surface area (Å²) in [5, 5.41) is 0. The molecule has 0 radical (unpaired) electrons. The van der Waals surface area contributed by atoms with Crippen molar-refractivity contribution >= 4 is 17.0 Å². The van der Waals surface area contributed by atoms with Crippen molar-refractivity contribution in [3.63, 3.8) is 0 Å². The van der Waals surface area contributed by atoms with Crippen molar-refractivity contribution in [1.82, 2.24) is 19.5 Å². The molecule has 2 aromatic heterocycles. The molecule has 0 fully saturated rings. The zero-order valence-corrected chi connectivity index (χ0v) is 8.55. The SMILES string of the molecule is COCCCn1cnc2c(N)ncnc21. The number of imidazole rings is 1. The standard InChI is InChI=1S/C9H13N5O/c1-15-4-2-3-14-6-13-7-8(10)11-5-12-9(7)14/h5-6H,2-4H2,1H3,(H2,10,11,12). The van der Waals surface area contributed by atoms with Gasteiger partial charge in [0, 0.05) is 20.3 Å². The first kappa shape index (κ1) is 9.85. The van der Waals surface area contributed by atoms with Crippen molar-refractivity contribution in [3.8, 4) is 0 Å². The smallest absolute Gasteiger partial charge is 0.165 e. The van der Waals surface area contributed by atoms with E-state index in [2.05, 4.69) is 15.0 Å². The molecule has 6 heteroatoms. The Labute approximate surface area is 87.1 Å². The maximum absolute atomic E-state index is 5.67. The predicted octanol–water partition coefficient (Wildman–Crippen LogP) is 0.445. The summed E-state index contributed by atoms with van der Waals surface area (Å²) < 4.78 is 6.94. The van der Waals surface area contributed by atoms with Gasteiger partial charge in [0.05, 0.1) is 6.33 Å². The van der Waals surface area contributed by atoms with Gasteiger partial charge in [0.1, 0.15) is 11.8 Å². The van der Waals surface area contributed by atoms with Crippen LogP contribution >= 0.6 is 0 Å². The zero-order chi connectivity index (χ0) is 10.7. The zero-order valence-electron chi connectivity index (χ0n) is 8.55. The number of anilines is 1. The topological polar surface area (TPSA) is 78.9 Å². The summed E-state index contributed by atoms with van der Waals surface area (Å²) in [4.78, 5) is 12.2. The fourth-order valence-corrected chi connectivity index (χ4v) is 1.44. The van der Waals surface area contributed by atoms with Crippen molar-refractivity contribution in [2.24, 2.45) is 0 Å². The normalized spacial score (nSPS) is 11.0. The number of aryl methyl sites for hydroxylation is 1. The van der Waals surface area contributed by atoms with E-state index in [9.17, 15) is 0 Å². The number of aromatic nitrogens is 4. The molecule has 0 spiro atoms. The molecule has 0 aromatic carbocycles. The second-order valence-corrected chi connectivity index (χ2v) is 3.22. The highest BCUT2D eigenvalue weighted by molar-refractivity contribution is 5.80. The van der Waals surface area contributed by atoms with Crippen LogP contribution in [0.1, 0.15) is 6.42 Å². The largest absolute Gasteiger partial charge is 0.385 e. The molecule has 0 atom stereocenters. The van der Waals surface area contributed by atoms with E-state index in [-0.39, 0.29) is 0 Å². The number of methoxy groups -OCH3 is 1. The Kier molecular flexibility index (Phi) is 2.77. The number of ether oxygens (including phenoxy) is 1. The molecule has 2 aromatic rings. The van der Waals surface area contributed by atoms with Crippen LogP contribution < -0.4 is 5.73 Å². The van der Waals surface area contributed by atoms with Crippen LogP contribution in [0.4, 0.5) is 5.82 Å². The molecule has 0 aliphatic rings. The number of rotatable bonds is 4. The lowest BCUT2D eigenvalue weighted by Crippen LogP contribution is -2.01. The summed E-state index contributed by atoms with van der Waals surface area (Å²) in [6.45, 7) is 1.54. The van der Waals surface area contributed by atoms with E-state index in [4.69, 9.17) is 10.5 Å². The Bertz CT molecular complexity index is 453. The van der Waals surface area contributed by atoms with Crippen molar-refractivity contribution in [1.29, 1.82) is 0 Å². The number of nitrogens with two attached hydrogens (primary N) is 1. The van der Waals surface area contributed by atoms with Gasteiger partial charge < -0.3 is 15.0 Å². The molecule has 0 bridgehead atoms. The van der Waals surface area contributed by atoms with E-state index >= 15 is 0 Å². The Morgan fingerprint density at radius 2 is 2.27 bits per heavy atom. The molecule has 80 valence electrons. The van der Waals surface area contributed by atoms with Crippen molar-refractivity contribution in [2.45, 2.75) is 13.0 Å². The first-order valence-electron chi connectivity index (χ1n) is 4.73. The molecular formula is C9H13N5O. The van der Waals surface area contributed by atoms with Crippen LogP contribution in [-0.4, -0.2) is 33.2 Å². The van der Waals surface area contributed by atoms with Gasteiger partial charge in [0.25, 0.3) is 0 Å². The van der Waals surface area contributed by atoms with Gasteiger partial charge in [-0.1, -0.05) is 0 Å². The maximum atomic E-state index is 5.67. The lowest BCUT2D eigenvalue weighted by molar-refractivity contribution is 0.190. The fraction of sp³-hybridized carbons (Fsp3) is 0.444.